The van der Waals surface area contributed by atoms with Crippen molar-refractivity contribution in [3.8, 4) is 0 Å². The molecule has 1 N–H and O–H groups in total. The predicted octanol–water partition coefficient (Wildman–Crippen LogP) is 2.81. The highest BCUT2D eigenvalue weighted by molar-refractivity contribution is 4.97. The summed E-state index contributed by atoms with van der Waals surface area (Å²) in [6, 6.07) is 3.92. The van der Waals surface area contributed by atoms with Crippen molar-refractivity contribution in [3.63, 3.8) is 0 Å². The molecule has 0 spiro atoms. The van der Waals surface area contributed by atoms with Gasteiger partial charge in [0.15, 0.2) is 0 Å². The molecular formula is C11H19NO. The minimum absolute atomic E-state index is 0.764. The van der Waals surface area contributed by atoms with Crippen LogP contribution >= 0.6 is 0 Å². The van der Waals surface area contributed by atoms with Crippen LogP contribution in [0.3, 0.4) is 0 Å². The van der Waals surface area contributed by atoms with Crippen molar-refractivity contribution in [2.75, 3.05) is 6.54 Å². The molecule has 0 saturated carbocycles. The van der Waals surface area contributed by atoms with Crippen molar-refractivity contribution in [3.05, 3.63) is 24.2 Å². The third-order valence-electron chi connectivity index (χ3n) is 2.15. The molecule has 1 aromatic heterocycles. The van der Waals surface area contributed by atoms with Crippen LogP contribution in [-0.4, -0.2) is 6.54 Å². The minimum Gasteiger partial charge on any atom is -0.468 e. The van der Waals surface area contributed by atoms with Crippen LogP contribution in [0.2, 0.25) is 0 Å². The van der Waals surface area contributed by atoms with Crippen LogP contribution in [0.1, 0.15) is 32.4 Å². The van der Waals surface area contributed by atoms with E-state index >= 15 is 0 Å². The largest absolute Gasteiger partial charge is 0.468 e. The molecule has 1 unspecified atom stereocenters. The lowest BCUT2D eigenvalue weighted by Crippen LogP contribution is -2.20. The summed E-state index contributed by atoms with van der Waals surface area (Å²) in [5.74, 6) is 1.78. The molecule has 0 bridgehead atoms. The molecule has 13 heavy (non-hydrogen) atoms. The predicted molar refractivity (Wildman–Crippen MR) is 54.5 cm³/mol. The van der Waals surface area contributed by atoms with Crippen LogP contribution in [0.15, 0.2) is 22.8 Å². The summed E-state index contributed by atoms with van der Waals surface area (Å²) >= 11 is 0. The Kier molecular flexibility index (Phi) is 4.61. The number of rotatable bonds is 6. The average molecular weight is 181 g/mol. The van der Waals surface area contributed by atoms with Gasteiger partial charge in [0.1, 0.15) is 5.76 Å². The Morgan fingerprint density at radius 1 is 1.54 bits per heavy atom. The molecule has 0 aromatic carbocycles. The fourth-order valence-corrected chi connectivity index (χ4v) is 1.45. The lowest BCUT2D eigenvalue weighted by Gasteiger charge is -2.09. The Morgan fingerprint density at radius 2 is 2.38 bits per heavy atom. The highest BCUT2D eigenvalue weighted by Gasteiger charge is 2.00. The second-order valence-corrected chi connectivity index (χ2v) is 3.60. The number of nitrogens with one attached hydrogen (secondary N) is 1. The standard InChI is InChI=1S/C11H19NO/c1-3-5-10(2)8-12-9-11-6-4-7-13-11/h4,6-7,10,12H,3,5,8-9H2,1-2H3. The van der Waals surface area contributed by atoms with E-state index in [1.807, 2.05) is 12.1 Å². The van der Waals surface area contributed by atoms with Crippen LogP contribution in [0.25, 0.3) is 0 Å². The Labute approximate surface area is 80.3 Å². The van der Waals surface area contributed by atoms with Crippen LogP contribution in [0.4, 0.5) is 0 Å². The zero-order valence-electron chi connectivity index (χ0n) is 8.55. The molecule has 1 atom stereocenters. The van der Waals surface area contributed by atoms with Gasteiger partial charge in [-0.3, -0.25) is 0 Å². The molecule has 0 aliphatic heterocycles. The Balaban J connectivity index is 2.07. The van der Waals surface area contributed by atoms with E-state index in [4.69, 9.17) is 4.42 Å². The summed E-state index contributed by atoms with van der Waals surface area (Å²) in [6.45, 7) is 6.43. The molecule has 74 valence electrons. The van der Waals surface area contributed by atoms with Gasteiger partial charge in [0.2, 0.25) is 0 Å². The fourth-order valence-electron chi connectivity index (χ4n) is 1.45. The van der Waals surface area contributed by atoms with E-state index in [1.165, 1.54) is 12.8 Å². The molecule has 2 nitrogen and oxygen atoms in total. The second-order valence-electron chi connectivity index (χ2n) is 3.60. The molecule has 0 aliphatic carbocycles. The van der Waals surface area contributed by atoms with E-state index in [9.17, 15) is 0 Å². The van der Waals surface area contributed by atoms with Gasteiger partial charge in [0.05, 0.1) is 12.8 Å². The maximum absolute atomic E-state index is 5.21. The van der Waals surface area contributed by atoms with Gasteiger partial charge in [-0.25, -0.2) is 0 Å². The van der Waals surface area contributed by atoms with Gasteiger partial charge in [-0.2, -0.15) is 0 Å². The normalized spacial score (nSPS) is 13.1. The lowest BCUT2D eigenvalue weighted by molar-refractivity contribution is 0.438. The number of hydrogen-bond acceptors (Lipinski definition) is 2. The number of furan rings is 1. The monoisotopic (exact) mass is 181 g/mol. The van der Waals surface area contributed by atoms with Gasteiger partial charge in [0.25, 0.3) is 0 Å². The fraction of sp³-hybridized carbons (Fsp3) is 0.636. The summed E-state index contributed by atoms with van der Waals surface area (Å²) < 4.78 is 5.21. The lowest BCUT2D eigenvalue weighted by atomic mass is 10.1. The topological polar surface area (TPSA) is 25.2 Å². The molecule has 1 aromatic rings. The second kappa shape index (κ2) is 5.81. The van der Waals surface area contributed by atoms with Crippen LogP contribution in [0, 0.1) is 5.92 Å². The summed E-state index contributed by atoms with van der Waals surface area (Å²) in [4.78, 5) is 0. The van der Waals surface area contributed by atoms with E-state index in [1.54, 1.807) is 6.26 Å². The van der Waals surface area contributed by atoms with Gasteiger partial charge < -0.3 is 9.73 Å². The first kappa shape index (κ1) is 10.3. The molecule has 0 amide bonds. The highest BCUT2D eigenvalue weighted by Crippen LogP contribution is 2.04. The van der Waals surface area contributed by atoms with Crippen molar-refractivity contribution >= 4 is 0 Å². The minimum atomic E-state index is 0.764. The Bertz CT molecular complexity index is 206. The molecule has 1 rings (SSSR count). The molecule has 0 radical (unpaired) electrons. The SMILES string of the molecule is CCCC(C)CNCc1ccco1. The van der Waals surface area contributed by atoms with Crippen LogP contribution in [-0.2, 0) is 6.54 Å². The molecular weight excluding hydrogens is 162 g/mol. The van der Waals surface area contributed by atoms with Crippen molar-refractivity contribution in [2.24, 2.45) is 5.92 Å². The number of hydrogen-bond donors (Lipinski definition) is 1. The summed E-state index contributed by atoms with van der Waals surface area (Å²) in [6.07, 6.45) is 4.28. The van der Waals surface area contributed by atoms with Gasteiger partial charge >= 0.3 is 0 Å². The molecule has 1 heterocycles. The van der Waals surface area contributed by atoms with Gasteiger partial charge in [-0.1, -0.05) is 20.3 Å². The smallest absolute Gasteiger partial charge is 0.117 e. The van der Waals surface area contributed by atoms with Gasteiger partial charge in [0, 0.05) is 0 Å². The summed E-state index contributed by atoms with van der Waals surface area (Å²) in [7, 11) is 0. The first-order valence-corrected chi connectivity index (χ1v) is 5.06. The zero-order chi connectivity index (χ0) is 9.52. The Morgan fingerprint density at radius 3 is 3.00 bits per heavy atom. The first-order chi connectivity index (χ1) is 6.33. The zero-order valence-corrected chi connectivity index (χ0v) is 8.55. The third-order valence-corrected chi connectivity index (χ3v) is 2.15. The van der Waals surface area contributed by atoms with E-state index in [0.717, 1.165) is 24.8 Å². The maximum atomic E-state index is 5.21. The average Bonchev–Trinajstić information content (AvgIpc) is 2.57. The van der Waals surface area contributed by atoms with E-state index < -0.39 is 0 Å². The van der Waals surface area contributed by atoms with Crippen molar-refractivity contribution < 1.29 is 4.42 Å². The molecule has 0 saturated heterocycles. The van der Waals surface area contributed by atoms with E-state index in [-0.39, 0.29) is 0 Å². The third kappa shape index (κ3) is 4.13. The van der Waals surface area contributed by atoms with Crippen LogP contribution in [0.5, 0.6) is 0 Å². The molecule has 0 aliphatic rings. The molecule has 0 fully saturated rings. The van der Waals surface area contributed by atoms with Crippen LogP contribution < -0.4 is 5.32 Å². The van der Waals surface area contributed by atoms with Gasteiger partial charge in [-0.15, -0.1) is 0 Å². The van der Waals surface area contributed by atoms with Crippen molar-refractivity contribution in [2.45, 2.75) is 33.2 Å². The Hall–Kier alpha value is -0.760. The highest BCUT2D eigenvalue weighted by atomic mass is 16.3. The van der Waals surface area contributed by atoms with E-state index in [2.05, 4.69) is 19.2 Å². The van der Waals surface area contributed by atoms with Crippen molar-refractivity contribution in [1.82, 2.24) is 5.32 Å². The first-order valence-electron chi connectivity index (χ1n) is 5.06. The van der Waals surface area contributed by atoms with Crippen molar-refractivity contribution in [1.29, 1.82) is 0 Å². The van der Waals surface area contributed by atoms with Gasteiger partial charge in [-0.05, 0) is 31.0 Å². The molecule has 2 heteroatoms. The quantitative estimate of drug-likeness (QED) is 0.730. The maximum Gasteiger partial charge on any atom is 0.117 e. The summed E-state index contributed by atoms with van der Waals surface area (Å²) in [5, 5.41) is 3.38. The summed E-state index contributed by atoms with van der Waals surface area (Å²) in [5.41, 5.74) is 0. The van der Waals surface area contributed by atoms with E-state index in [0.29, 0.717) is 0 Å².